The van der Waals surface area contributed by atoms with Gasteiger partial charge in [-0.3, -0.25) is 4.90 Å². The van der Waals surface area contributed by atoms with E-state index in [1.165, 1.54) is 0 Å². The Morgan fingerprint density at radius 1 is 1.33 bits per heavy atom. The van der Waals surface area contributed by atoms with Gasteiger partial charge < -0.3 is 14.8 Å². The monoisotopic (exact) mass is 240 g/mol. The van der Waals surface area contributed by atoms with Gasteiger partial charge in [0.25, 0.3) is 0 Å². The molecule has 0 amide bonds. The molecule has 2 N–H and O–H groups in total. The average molecular weight is 240 g/mol. The Hall–Kier alpha value is -0.210. The standard InChI is InChI=1S/C8H19NO5S/c1-7(2)3-8(4-10)9(5-11)6-15(12,13)14/h7-8,10-11H,3-6H2,1-2H3,(H,12,13,14)/p-1. The molecular weight excluding hydrogens is 222 g/mol. The Labute approximate surface area is 90.3 Å². The minimum absolute atomic E-state index is 0.241. The van der Waals surface area contributed by atoms with Crippen molar-refractivity contribution < 1.29 is 23.2 Å². The lowest BCUT2D eigenvalue weighted by molar-refractivity contribution is 0.0441. The third kappa shape index (κ3) is 6.80. The summed E-state index contributed by atoms with van der Waals surface area (Å²) >= 11 is 0. The summed E-state index contributed by atoms with van der Waals surface area (Å²) in [4.78, 5) is 1.06. The third-order valence-electron chi connectivity index (χ3n) is 1.98. The number of aliphatic hydroxyl groups is 2. The van der Waals surface area contributed by atoms with Crippen molar-refractivity contribution in [3.05, 3.63) is 0 Å². The van der Waals surface area contributed by atoms with Crippen molar-refractivity contribution in [2.75, 3.05) is 19.2 Å². The van der Waals surface area contributed by atoms with Gasteiger partial charge >= 0.3 is 0 Å². The number of hydrogen-bond acceptors (Lipinski definition) is 6. The van der Waals surface area contributed by atoms with Crippen LogP contribution < -0.4 is 0 Å². The van der Waals surface area contributed by atoms with E-state index < -0.39 is 28.8 Å². The van der Waals surface area contributed by atoms with Gasteiger partial charge in [-0.1, -0.05) is 13.8 Å². The Morgan fingerprint density at radius 2 is 1.87 bits per heavy atom. The predicted molar refractivity (Wildman–Crippen MR) is 53.8 cm³/mol. The van der Waals surface area contributed by atoms with Gasteiger partial charge in [-0.2, -0.15) is 0 Å². The van der Waals surface area contributed by atoms with Gasteiger partial charge in [0, 0.05) is 6.04 Å². The molecule has 0 rings (SSSR count). The molecule has 7 heteroatoms. The first kappa shape index (κ1) is 14.8. The molecule has 1 atom stereocenters. The largest absolute Gasteiger partial charge is 0.747 e. The first-order valence-corrected chi connectivity index (χ1v) is 6.27. The van der Waals surface area contributed by atoms with Gasteiger partial charge in [-0.25, -0.2) is 8.42 Å². The molecule has 0 heterocycles. The minimum Gasteiger partial charge on any atom is -0.747 e. The molecule has 92 valence electrons. The number of hydrogen-bond donors (Lipinski definition) is 2. The average Bonchev–Trinajstić information content (AvgIpc) is 2.08. The maximum Gasteiger partial charge on any atom is 0.108 e. The zero-order valence-electron chi connectivity index (χ0n) is 8.96. The van der Waals surface area contributed by atoms with Crippen LogP contribution in [0.3, 0.4) is 0 Å². The highest BCUT2D eigenvalue weighted by Gasteiger charge is 2.19. The summed E-state index contributed by atoms with van der Waals surface area (Å²) in [5.74, 6) is -0.535. The van der Waals surface area contributed by atoms with Gasteiger partial charge in [0.2, 0.25) is 0 Å². The van der Waals surface area contributed by atoms with Crippen LogP contribution in [-0.4, -0.2) is 53.3 Å². The predicted octanol–water partition coefficient (Wildman–Crippen LogP) is -0.852. The molecule has 0 bridgehead atoms. The van der Waals surface area contributed by atoms with Crippen molar-refractivity contribution in [1.82, 2.24) is 4.90 Å². The summed E-state index contributed by atoms with van der Waals surface area (Å²) in [6, 6.07) is -0.501. The summed E-state index contributed by atoms with van der Waals surface area (Å²) < 4.78 is 31.6. The second-order valence-corrected chi connectivity index (χ2v) is 5.26. The molecule has 0 spiro atoms. The third-order valence-corrected chi connectivity index (χ3v) is 2.62. The molecule has 0 aliphatic rings. The molecule has 0 aliphatic heterocycles. The molecular formula is C8H18NO5S-. The smallest absolute Gasteiger partial charge is 0.108 e. The zero-order valence-corrected chi connectivity index (χ0v) is 9.77. The molecule has 0 saturated heterocycles. The van der Waals surface area contributed by atoms with Crippen molar-refractivity contribution in [1.29, 1.82) is 0 Å². The summed E-state index contributed by atoms with van der Waals surface area (Å²) in [5, 5.41) is 17.9. The molecule has 15 heavy (non-hydrogen) atoms. The van der Waals surface area contributed by atoms with E-state index in [1.54, 1.807) is 0 Å². The van der Waals surface area contributed by atoms with Crippen molar-refractivity contribution in [3.63, 3.8) is 0 Å². The molecule has 0 aliphatic carbocycles. The lowest BCUT2D eigenvalue weighted by atomic mass is 10.0. The van der Waals surface area contributed by atoms with E-state index in [9.17, 15) is 13.0 Å². The fraction of sp³-hybridized carbons (Fsp3) is 1.00. The van der Waals surface area contributed by atoms with Crippen LogP contribution in [0.15, 0.2) is 0 Å². The van der Waals surface area contributed by atoms with Crippen LogP contribution in [0.4, 0.5) is 0 Å². The van der Waals surface area contributed by atoms with Crippen LogP contribution in [0.1, 0.15) is 20.3 Å². The maximum absolute atomic E-state index is 10.5. The van der Waals surface area contributed by atoms with Crippen molar-refractivity contribution in [2.24, 2.45) is 5.92 Å². The van der Waals surface area contributed by atoms with Gasteiger partial charge in [0.15, 0.2) is 0 Å². The Balaban J connectivity index is 4.47. The SMILES string of the molecule is CC(C)CC(CO)N(CO)CS(=O)(=O)[O-]. The minimum atomic E-state index is -4.42. The molecule has 0 radical (unpaired) electrons. The van der Waals surface area contributed by atoms with Crippen LogP contribution >= 0.6 is 0 Å². The Bertz CT molecular complexity index is 264. The second kappa shape index (κ2) is 6.39. The van der Waals surface area contributed by atoms with E-state index >= 15 is 0 Å². The van der Waals surface area contributed by atoms with Crippen LogP contribution in [0, 0.1) is 5.92 Å². The van der Waals surface area contributed by atoms with Crippen LogP contribution in [0.25, 0.3) is 0 Å². The number of aliphatic hydroxyl groups excluding tert-OH is 2. The van der Waals surface area contributed by atoms with Gasteiger partial charge in [0.1, 0.15) is 10.1 Å². The first-order valence-electron chi connectivity index (χ1n) is 4.69. The van der Waals surface area contributed by atoms with Crippen molar-refractivity contribution in [3.8, 4) is 0 Å². The van der Waals surface area contributed by atoms with E-state index in [4.69, 9.17) is 10.2 Å². The summed E-state index contributed by atoms with van der Waals surface area (Å²) in [5.41, 5.74) is 0. The molecule has 0 aromatic rings. The zero-order chi connectivity index (χ0) is 12.1. The summed E-state index contributed by atoms with van der Waals surface area (Å²) in [6.07, 6.45) is 0.520. The van der Waals surface area contributed by atoms with E-state index in [2.05, 4.69) is 0 Å². The Kier molecular flexibility index (Phi) is 6.30. The van der Waals surface area contributed by atoms with Crippen LogP contribution in [0.5, 0.6) is 0 Å². The topological polar surface area (TPSA) is 101 Å². The highest BCUT2D eigenvalue weighted by Crippen LogP contribution is 2.11. The first-order chi connectivity index (χ1) is 6.80. The fourth-order valence-electron chi connectivity index (χ4n) is 1.35. The molecule has 0 saturated carbocycles. The maximum atomic E-state index is 10.5. The lowest BCUT2D eigenvalue weighted by Crippen LogP contribution is -2.42. The molecule has 0 aromatic carbocycles. The molecule has 6 nitrogen and oxygen atoms in total. The normalized spacial score (nSPS) is 14.9. The van der Waals surface area contributed by atoms with Gasteiger partial charge in [-0.05, 0) is 12.3 Å². The molecule has 1 unspecified atom stereocenters. The lowest BCUT2D eigenvalue weighted by Gasteiger charge is -2.30. The summed E-state index contributed by atoms with van der Waals surface area (Å²) in [6.45, 7) is 2.97. The quantitative estimate of drug-likeness (QED) is 0.444. The van der Waals surface area contributed by atoms with Crippen molar-refractivity contribution in [2.45, 2.75) is 26.3 Å². The molecule has 0 aromatic heterocycles. The Morgan fingerprint density at radius 3 is 2.13 bits per heavy atom. The van der Waals surface area contributed by atoms with E-state index in [-0.39, 0.29) is 12.5 Å². The van der Waals surface area contributed by atoms with Gasteiger partial charge in [0.05, 0.1) is 19.2 Å². The second-order valence-electron chi connectivity index (χ2n) is 3.88. The number of rotatable bonds is 7. The number of nitrogens with zero attached hydrogens (tertiary/aromatic N) is 1. The van der Waals surface area contributed by atoms with Crippen LogP contribution in [-0.2, 0) is 10.1 Å². The summed E-state index contributed by atoms with van der Waals surface area (Å²) in [7, 11) is -4.42. The highest BCUT2D eigenvalue weighted by atomic mass is 32.2. The fourth-order valence-corrected chi connectivity index (χ4v) is 2.05. The van der Waals surface area contributed by atoms with E-state index in [0.29, 0.717) is 6.42 Å². The van der Waals surface area contributed by atoms with Gasteiger partial charge in [-0.15, -0.1) is 0 Å². The molecule has 0 fully saturated rings. The van der Waals surface area contributed by atoms with E-state index in [0.717, 1.165) is 4.90 Å². The van der Waals surface area contributed by atoms with E-state index in [1.807, 2.05) is 13.8 Å². The van der Waals surface area contributed by atoms with Crippen molar-refractivity contribution >= 4 is 10.1 Å². The van der Waals surface area contributed by atoms with Crippen LogP contribution in [0.2, 0.25) is 0 Å². The highest BCUT2D eigenvalue weighted by molar-refractivity contribution is 7.85.